The van der Waals surface area contributed by atoms with Crippen molar-refractivity contribution in [1.82, 2.24) is 0 Å². The van der Waals surface area contributed by atoms with Gasteiger partial charge in [-0.25, -0.2) is 0 Å². The average Bonchev–Trinajstić information content (AvgIpc) is 2.25. The van der Waals surface area contributed by atoms with Crippen LogP contribution < -0.4 is 0 Å². The van der Waals surface area contributed by atoms with Crippen LogP contribution in [0.5, 0.6) is 0 Å². The molecule has 0 amide bonds. The average molecular weight is 366 g/mol. The molecule has 0 N–H and O–H groups in total. The predicted octanol–water partition coefficient (Wildman–Crippen LogP) is 5.23. The number of unbranched alkanes of at least 4 members (excludes halogenated alkanes) is 6. The predicted molar refractivity (Wildman–Crippen MR) is 83.9 cm³/mol. The number of rotatable bonds is 10. The maximum absolute atomic E-state index is 11.6. The molecule has 1 saturated carbocycles. The van der Waals surface area contributed by atoms with Crippen molar-refractivity contribution >= 4 is 28.6 Å². The van der Waals surface area contributed by atoms with Gasteiger partial charge in [-0.15, -0.1) is 0 Å². The van der Waals surface area contributed by atoms with E-state index in [9.17, 15) is 4.79 Å². The molecule has 0 aromatic heterocycles. The zero-order valence-electron chi connectivity index (χ0n) is 11.6. The van der Waals surface area contributed by atoms with Gasteiger partial charge in [-0.3, -0.25) is 4.79 Å². The molecule has 0 heterocycles. The van der Waals surface area contributed by atoms with Crippen LogP contribution in [0.4, 0.5) is 0 Å². The summed E-state index contributed by atoms with van der Waals surface area (Å²) in [5.41, 5.74) is 0. The molecule has 2 nitrogen and oxygen atoms in total. The monoisotopic (exact) mass is 366 g/mol. The quantitative estimate of drug-likeness (QED) is 0.229. The molecule has 1 aliphatic carbocycles. The zero-order chi connectivity index (χ0) is 13.2. The largest absolute Gasteiger partial charge is 0.451 e. The van der Waals surface area contributed by atoms with Crippen molar-refractivity contribution in [2.45, 2.75) is 81.7 Å². The second-order valence-corrected chi connectivity index (χ2v) is 6.63. The third kappa shape index (κ3) is 6.95. The minimum absolute atomic E-state index is 0.00913. The van der Waals surface area contributed by atoms with Crippen LogP contribution >= 0.6 is 22.6 Å². The summed E-state index contributed by atoms with van der Waals surface area (Å²) in [5.74, 6) is 0.637. The molecular weight excluding hydrogens is 339 g/mol. The van der Waals surface area contributed by atoms with E-state index in [4.69, 9.17) is 4.74 Å². The lowest BCUT2D eigenvalue weighted by molar-refractivity contribution is -0.147. The van der Waals surface area contributed by atoms with Crippen LogP contribution in [-0.4, -0.2) is 10.1 Å². The Kier molecular flexibility index (Phi) is 9.07. The molecule has 1 rings (SSSR count). The molecule has 0 aromatic carbocycles. The number of halogens is 1. The highest BCUT2D eigenvalue weighted by Crippen LogP contribution is 2.34. The van der Waals surface area contributed by atoms with Crippen molar-refractivity contribution in [3.8, 4) is 0 Å². The molecule has 3 heteroatoms. The fourth-order valence-corrected chi connectivity index (χ4v) is 3.21. The first-order valence-corrected chi connectivity index (χ1v) is 8.82. The van der Waals surface area contributed by atoms with Gasteiger partial charge in [0.2, 0.25) is 0 Å². The second-order valence-electron chi connectivity index (χ2n) is 5.40. The van der Waals surface area contributed by atoms with Crippen LogP contribution in [0.15, 0.2) is 0 Å². The van der Waals surface area contributed by atoms with E-state index in [1.807, 2.05) is 0 Å². The van der Waals surface area contributed by atoms with Crippen molar-refractivity contribution in [2.75, 3.05) is 0 Å². The number of ether oxygens (including phenoxy) is 1. The van der Waals surface area contributed by atoms with Crippen LogP contribution in [0, 0.1) is 5.92 Å². The van der Waals surface area contributed by atoms with Gasteiger partial charge in [0.15, 0.2) is 4.11 Å². The van der Waals surface area contributed by atoms with Gasteiger partial charge in [0.25, 0.3) is 0 Å². The van der Waals surface area contributed by atoms with Gasteiger partial charge in [0, 0.05) is 12.3 Å². The molecule has 1 atom stereocenters. The van der Waals surface area contributed by atoms with Gasteiger partial charge < -0.3 is 4.74 Å². The van der Waals surface area contributed by atoms with Crippen molar-refractivity contribution in [3.05, 3.63) is 0 Å². The van der Waals surface area contributed by atoms with Gasteiger partial charge in [-0.2, -0.15) is 0 Å². The van der Waals surface area contributed by atoms with Gasteiger partial charge in [-0.05, 0) is 41.9 Å². The van der Waals surface area contributed by atoms with Crippen molar-refractivity contribution in [3.63, 3.8) is 0 Å². The Bertz CT molecular complexity index is 227. The number of carbonyl (C=O) groups excluding carboxylic acids is 1. The summed E-state index contributed by atoms with van der Waals surface area (Å²) >= 11 is 2.27. The maximum Gasteiger partial charge on any atom is 0.306 e. The summed E-state index contributed by atoms with van der Waals surface area (Å²) in [6.45, 7) is 2.23. The van der Waals surface area contributed by atoms with Crippen LogP contribution in [0.25, 0.3) is 0 Å². The molecule has 0 saturated heterocycles. The van der Waals surface area contributed by atoms with E-state index in [0.29, 0.717) is 12.3 Å². The fourth-order valence-electron chi connectivity index (χ4n) is 2.21. The van der Waals surface area contributed by atoms with E-state index >= 15 is 0 Å². The first-order chi connectivity index (χ1) is 8.74. The van der Waals surface area contributed by atoms with Gasteiger partial charge in [0.1, 0.15) is 0 Å². The van der Waals surface area contributed by atoms with Gasteiger partial charge >= 0.3 is 5.97 Å². The fraction of sp³-hybridized carbons (Fsp3) is 0.933. The highest BCUT2D eigenvalue weighted by molar-refractivity contribution is 14.1. The van der Waals surface area contributed by atoms with Crippen molar-refractivity contribution in [2.24, 2.45) is 5.92 Å². The van der Waals surface area contributed by atoms with Crippen molar-refractivity contribution < 1.29 is 9.53 Å². The normalized spacial score (nSPS) is 17.2. The van der Waals surface area contributed by atoms with E-state index in [-0.39, 0.29) is 10.1 Å². The van der Waals surface area contributed by atoms with Crippen LogP contribution in [0.2, 0.25) is 0 Å². The minimum atomic E-state index is 0.00913. The van der Waals surface area contributed by atoms with E-state index in [2.05, 4.69) is 29.5 Å². The lowest BCUT2D eigenvalue weighted by atomic mass is 9.86. The minimum Gasteiger partial charge on any atom is -0.451 e. The topological polar surface area (TPSA) is 26.3 Å². The third-order valence-corrected chi connectivity index (χ3v) is 5.02. The summed E-state index contributed by atoms with van der Waals surface area (Å²) in [4.78, 5) is 11.6. The smallest absolute Gasteiger partial charge is 0.306 e. The van der Waals surface area contributed by atoms with E-state index in [1.165, 1.54) is 57.8 Å². The standard InChI is InChI=1S/C15H27IO2/c1-2-3-4-5-6-7-8-12-14(17)18-15(16)13-10-9-11-13/h13,15H,2-12H2,1H3. The molecule has 0 bridgehead atoms. The van der Waals surface area contributed by atoms with Crippen LogP contribution in [0.1, 0.15) is 77.6 Å². The Morgan fingerprint density at radius 3 is 2.33 bits per heavy atom. The van der Waals surface area contributed by atoms with Crippen LogP contribution in [-0.2, 0) is 9.53 Å². The molecular formula is C15H27IO2. The number of hydrogen-bond donors (Lipinski definition) is 0. The maximum atomic E-state index is 11.6. The van der Waals surface area contributed by atoms with E-state index in [0.717, 1.165) is 6.42 Å². The Morgan fingerprint density at radius 2 is 1.78 bits per heavy atom. The number of alkyl halides is 1. The number of esters is 1. The van der Waals surface area contributed by atoms with E-state index in [1.54, 1.807) is 0 Å². The molecule has 18 heavy (non-hydrogen) atoms. The Balaban J connectivity index is 1.90. The number of hydrogen-bond acceptors (Lipinski definition) is 2. The van der Waals surface area contributed by atoms with E-state index < -0.39 is 0 Å². The zero-order valence-corrected chi connectivity index (χ0v) is 13.8. The summed E-state index contributed by atoms with van der Waals surface area (Å²) in [6, 6.07) is 0. The lowest BCUT2D eigenvalue weighted by Crippen LogP contribution is -2.26. The summed E-state index contributed by atoms with van der Waals surface area (Å²) in [5, 5.41) is 0. The Hall–Kier alpha value is 0.200. The molecule has 1 fully saturated rings. The molecule has 0 radical (unpaired) electrons. The first kappa shape index (κ1) is 16.3. The number of carbonyl (C=O) groups is 1. The van der Waals surface area contributed by atoms with Gasteiger partial charge in [-0.1, -0.05) is 51.9 Å². The molecule has 0 spiro atoms. The SMILES string of the molecule is CCCCCCCCCC(=O)OC(I)C1CCC1. The molecule has 1 unspecified atom stereocenters. The van der Waals surface area contributed by atoms with Crippen molar-refractivity contribution in [1.29, 1.82) is 0 Å². The lowest BCUT2D eigenvalue weighted by Gasteiger charge is -2.29. The highest BCUT2D eigenvalue weighted by Gasteiger charge is 2.27. The second kappa shape index (κ2) is 10.0. The van der Waals surface area contributed by atoms with Gasteiger partial charge in [0.05, 0.1) is 0 Å². The first-order valence-electron chi connectivity index (χ1n) is 7.57. The third-order valence-electron chi connectivity index (χ3n) is 3.75. The van der Waals surface area contributed by atoms with Crippen LogP contribution in [0.3, 0.4) is 0 Å². The molecule has 106 valence electrons. The summed E-state index contributed by atoms with van der Waals surface area (Å²) in [7, 11) is 0. The molecule has 0 aliphatic heterocycles. The Labute approximate surface area is 125 Å². The molecule has 0 aromatic rings. The summed E-state index contributed by atoms with van der Waals surface area (Å²) < 4.78 is 5.57. The molecule has 1 aliphatic rings. The summed E-state index contributed by atoms with van der Waals surface area (Å²) in [6.07, 6.45) is 13.1. The Morgan fingerprint density at radius 1 is 1.17 bits per heavy atom. The highest BCUT2D eigenvalue weighted by atomic mass is 127.